The molecule has 1 heterocycles. The van der Waals surface area contributed by atoms with Crippen LogP contribution < -0.4 is 0 Å². The fourth-order valence-corrected chi connectivity index (χ4v) is 4.79. The van der Waals surface area contributed by atoms with Crippen LogP contribution in [0.5, 0.6) is 0 Å². The molecule has 2 N–H and O–H groups in total. The van der Waals surface area contributed by atoms with Crippen LogP contribution in [-0.2, 0) is 14.3 Å². The first-order valence-corrected chi connectivity index (χ1v) is 10.1. The summed E-state index contributed by atoms with van der Waals surface area (Å²) in [6.07, 6.45) is 7.52. The van der Waals surface area contributed by atoms with E-state index in [9.17, 15) is 19.8 Å². The van der Waals surface area contributed by atoms with Gasteiger partial charge in [-0.25, -0.2) is 0 Å². The van der Waals surface area contributed by atoms with E-state index in [2.05, 4.69) is 12.2 Å². The van der Waals surface area contributed by atoms with E-state index in [4.69, 9.17) is 4.74 Å². The van der Waals surface area contributed by atoms with E-state index >= 15 is 0 Å². The van der Waals surface area contributed by atoms with Crippen molar-refractivity contribution in [1.82, 2.24) is 0 Å². The maximum atomic E-state index is 13.6. The molecule has 0 saturated heterocycles. The number of cyclic esters (lactones) is 1. The lowest BCUT2D eigenvalue weighted by Crippen LogP contribution is -2.45. The summed E-state index contributed by atoms with van der Waals surface area (Å²) in [7, 11) is 0. The highest BCUT2D eigenvalue weighted by Crippen LogP contribution is 2.49. The summed E-state index contributed by atoms with van der Waals surface area (Å²) in [4.78, 5) is 25.9. The summed E-state index contributed by atoms with van der Waals surface area (Å²) in [6.45, 7) is 7.40. The molecule has 0 aromatic carbocycles. The number of ether oxygens (including phenoxy) is 1. The van der Waals surface area contributed by atoms with Gasteiger partial charge >= 0.3 is 5.97 Å². The Morgan fingerprint density at radius 2 is 2.11 bits per heavy atom. The van der Waals surface area contributed by atoms with E-state index in [0.29, 0.717) is 19.3 Å². The second-order valence-electron chi connectivity index (χ2n) is 8.26. The average molecular weight is 379 g/mol. The quantitative estimate of drug-likeness (QED) is 0.567. The topological polar surface area (TPSA) is 83.8 Å². The molecule has 0 amide bonds. The molecule has 5 nitrogen and oxygen atoms in total. The van der Waals surface area contributed by atoms with Gasteiger partial charge in [-0.15, -0.1) is 0 Å². The van der Waals surface area contributed by atoms with Crippen LogP contribution in [0, 0.1) is 23.2 Å². The third kappa shape index (κ3) is 4.52. The molecule has 27 heavy (non-hydrogen) atoms. The van der Waals surface area contributed by atoms with Crippen LogP contribution in [0.25, 0.3) is 0 Å². The summed E-state index contributed by atoms with van der Waals surface area (Å²) in [5.41, 5.74) is 0.334. The van der Waals surface area contributed by atoms with Gasteiger partial charge in [0.2, 0.25) is 0 Å². The number of hydrogen-bond acceptors (Lipinski definition) is 5. The highest BCUT2D eigenvalue weighted by atomic mass is 16.6. The van der Waals surface area contributed by atoms with Crippen molar-refractivity contribution in [2.24, 2.45) is 23.2 Å². The lowest BCUT2D eigenvalue weighted by atomic mass is 9.58. The zero-order valence-corrected chi connectivity index (χ0v) is 17.0. The highest BCUT2D eigenvalue weighted by molar-refractivity contribution is 5.90. The van der Waals surface area contributed by atoms with Gasteiger partial charge in [-0.05, 0) is 45.4 Å². The molecule has 5 heteroatoms. The molecular weight excluding hydrogens is 344 g/mol. The normalized spacial score (nSPS) is 36.0. The van der Waals surface area contributed by atoms with Gasteiger partial charge in [0.05, 0.1) is 11.5 Å². The van der Waals surface area contributed by atoms with Crippen LogP contribution in [0.1, 0.15) is 59.8 Å². The van der Waals surface area contributed by atoms with Crippen molar-refractivity contribution >= 4 is 11.8 Å². The molecule has 6 atom stereocenters. The molecule has 0 saturated carbocycles. The first-order chi connectivity index (χ1) is 12.7. The van der Waals surface area contributed by atoms with Crippen molar-refractivity contribution in [2.75, 3.05) is 6.61 Å². The lowest BCUT2D eigenvalue weighted by molar-refractivity contribution is -0.158. The number of aliphatic hydroxyl groups is 2. The van der Waals surface area contributed by atoms with Crippen LogP contribution in [0.4, 0.5) is 0 Å². The predicted molar refractivity (Wildman–Crippen MR) is 104 cm³/mol. The van der Waals surface area contributed by atoms with Gasteiger partial charge in [0.1, 0.15) is 11.9 Å². The van der Waals surface area contributed by atoms with Crippen LogP contribution in [0.2, 0.25) is 0 Å². The second-order valence-corrected chi connectivity index (χ2v) is 8.26. The monoisotopic (exact) mass is 378 g/mol. The standard InChI is InChI=1S/C22H34O5/c1-14(10-12-23)21(26)22-11-6-5-7-18(22)8-9-19(25)27-20(17(4)24)15(2)13-16(22)3/h5,7,13-15,17-18,20,23-24H,6,8-12H2,1-4H3/b16-13+. The number of rotatable bonds is 5. The first kappa shape index (κ1) is 21.8. The minimum absolute atomic E-state index is 0.0148. The van der Waals surface area contributed by atoms with Crippen LogP contribution in [0.3, 0.4) is 0 Å². The zero-order valence-electron chi connectivity index (χ0n) is 17.0. The van der Waals surface area contributed by atoms with Gasteiger partial charge < -0.3 is 14.9 Å². The molecule has 2 rings (SSSR count). The smallest absolute Gasteiger partial charge is 0.306 e. The Bertz CT molecular complexity index is 606. The number of Topliss-reactive ketones (excluding diaryl/α,β-unsaturated/α-hetero) is 1. The van der Waals surface area contributed by atoms with E-state index in [1.807, 2.05) is 26.8 Å². The van der Waals surface area contributed by atoms with Crippen molar-refractivity contribution in [3.05, 3.63) is 23.8 Å². The van der Waals surface area contributed by atoms with Crippen LogP contribution in [0.15, 0.2) is 23.8 Å². The largest absolute Gasteiger partial charge is 0.459 e. The lowest BCUT2D eigenvalue weighted by Gasteiger charge is -2.44. The number of ketones is 1. The minimum Gasteiger partial charge on any atom is -0.459 e. The molecule has 1 aliphatic heterocycles. The van der Waals surface area contributed by atoms with Gasteiger partial charge in [-0.2, -0.15) is 0 Å². The van der Waals surface area contributed by atoms with Crippen LogP contribution >= 0.6 is 0 Å². The van der Waals surface area contributed by atoms with Crippen molar-refractivity contribution in [3.8, 4) is 0 Å². The van der Waals surface area contributed by atoms with E-state index in [1.165, 1.54) is 0 Å². The number of carbonyl (C=O) groups is 2. The number of hydrogen-bond donors (Lipinski definition) is 2. The van der Waals surface area contributed by atoms with Crippen molar-refractivity contribution < 1.29 is 24.5 Å². The molecule has 0 aromatic rings. The Labute approximate surface area is 162 Å². The van der Waals surface area contributed by atoms with Crippen LogP contribution in [-0.4, -0.2) is 40.8 Å². The van der Waals surface area contributed by atoms with Gasteiger partial charge in [0.15, 0.2) is 0 Å². The van der Waals surface area contributed by atoms with Gasteiger partial charge in [0, 0.05) is 24.9 Å². The van der Waals surface area contributed by atoms with E-state index in [1.54, 1.807) is 6.92 Å². The van der Waals surface area contributed by atoms with E-state index < -0.39 is 17.6 Å². The maximum Gasteiger partial charge on any atom is 0.306 e. The number of allylic oxidation sites excluding steroid dienone is 3. The summed E-state index contributed by atoms with van der Waals surface area (Å²) >= 11 is 0. The Kier molecular flexibility index (Phi) is 7.40. The van der Waals surface area contributed by atoms with Gasteiger partial charge in [-0.3, -0.25) is 9.59 Å². The Morgan fingerprint density at radius 1 is 1.41 bits per heavy atom. The molecular formula is C22H34O5. The molecule has 6 unspecified atom stereocenters. The molecule has 0 radical (unpaired) electrons. The van der Waals surface area contributed by atoms with E-state index in [-0.39, 0.29) is 42.5 Å². The van der Waals surface area contributed by atoms with Gasteiger partial charge in [0.25, 0.3) is 0 Å². The zero-order chi connectivity index (χ0) is 20.2. The molecule has 0 aromatic heterocycles. The maximum absolute atomic E-state index is 13.6. The fraction of sp³-hybridized carbons (Fsp3) is 0.727. The fourth-order valence-electron chi connectivity index (χ4n) is 4.79. The number of aliphatic hydroxyl groups excluding tert-OH is 2. The van der Waals surface area contributed by atoms with Crippen molar-refractivity contribution in [3.63, 3.8) is 0 Å². The Hall–Kier alpha value is -1.46. The van der Waals surface area contributed by atoms with Gasteiger partial charge in [-0.1, -0.05) is 37.6 Å². The first-order valence-electron chi connectivity index (χ1n) is 10.1. The number of carbonyl (C=O) groups excluding carboxylic acids is 2. The molecule has 152 valence electrons. The second kappa shape index (κ2) is 9.16. The molecule has 2 aliphatic rings. The molecule has 0 fully saturated rings. The summed E-state index contributed by atoms with van der Waals surface area (Å²) in [6, 6.07) is 0. The third-order valence-corrected chi connectivity index (χ3v) is 6.29. The van der Waals surface area contributed by atoms with Crippen molar-refractivity contribution in [1.29, 1.82) is 0 Å². The summed E-state index contributed by atoms with van der Waals surface area (Å²) < 4.78 is 5.53. The van der Waals surface area contributed by atoms with Crippen molar-refractivity contribution in [2.45, 2.75) is 72.0 Å². The Balaban J connectivity index is 2.54. The molecule has 1 aliphatic carbocycles. The Morgan fingerprint density at radius 3 is 2.74 bits per heavy atom. The molecule has 0 spiro atoms. The molecule has 0 bridgehead atoms. The van der Waals surface area contributed by atoms with E-state index in [0.717, 1.165) is 12.0 Å². The highest BCUT2D eigenvalue weighted by Gasteiger charge is 2.48. The third-order valence-electron chi connectivity index (χ3n) is 6.29. The summed E-state index contributed by atoms with van der Waals surface area (Å²) in [5, 5.41) is 19.4. The number of fused-ring (bicyclic) bond motifs is 1. The average Bonchev–Trinajstić information content (AvgIpc) is 2.63. The summed E-state index contributed by atoms with van der Waals surface area (Å²) in [5.74, 6) is -0.681. The predicted octanol–water partition coefficient (Wildman–Crippen LogP) is 3.20. The minimum atomic E-state index is -0.783. The SMILES string of the molecule is C/C1=C\C(C)C(C(C)O)OC(=O)CCC2C=CCCC12C(=O)C(C)CCO. The number of esters is 1.